The minimum Gasteiger partial charge on any atom is -0.306 e. The maximum Gasteiger partial charge on any atom is 0.130 e. The van der Waals surface area contributed by atoms with Crippen molar-refractivity contribution >= 4 is 0 Å². The lowest BCUT2D eigenvalue weighted by molar-refractivity contribution is 0.517. The number of halogens is 2. The predicted molar refractivity (Wildman–Crippen MR) is 77.5 cm³/mol. The first-order valence-electron chi connectivity index (χ1n) is 6.72. The second kappa shape index (κ2) is 6.14. The summed E-state index contributed by atoms with van der Waals surface area (Å²) in [6.45, 7) is 6.67. The molecule has 0 spiro atoms. The molecule has 0 amide bonds. The van der Waals surface area contributed by atoms with Gasteiger partial charge in [0, 0.05) is 24.2 Å². The standard InChI is InChI=1S/C17H19F2N/c1-11-5-4-6-12(2)16(11)10-20-13(3)15-8-7-14(18)9-17(15)19/h4-9,13,20H,10H2,1-3H3. The van der Waals surface area contributed by atoms with Crippen LogP contribution in [0.5, 0.6) is 0 Å². The summed E-state index contributed by atoms with van der Waals surface area (Å²) in [5, 5.41) is 3.29. The van der Waals surface area contributed by atoms with Crippen molar-refractivity contribution in [3.8, 4) is 0 Å². The van der Waals surface area contributed by atoms with Gasteiger partial charge < -0.3 is 5.32 Å². The summed E-state index contributed by atoms with van der Waals surface area (Å²) in [4.78, 5) is 0. The largest absolute Gasteiger partial charge is 0.306 e. The van der Waals surface area contributed by atoms with E-state index in [4.69, 9.17) is 0 Å². The van der Waals surface area contributed by atoms with Crippen LogP contribution in [0.3, 0.4) is 0 Å². The molecule has 0 aliphatic rings. The average Bonchev–Trinajstić information content (AvgIpc) is 2.37. The highest BCUT2D eigenvalue weighted by Gasteiger charge is 2.12. The molecule has 1 N–H and O–H groups in total. The molecule has 1 nitrogen and oxygen atoms in total. The normalized spacial score (nSPS) is 12.4. The number of rotatable bonds is 4. The van der Waals surface area contributed by atoms with Crippen LogP contribution < -0.4 is 5.32 Å². The van der Waals surface area contributed by atoms with Gasteiger partial charge in [-0.05, 0) is 43.5 Å². The van der Waals surface area contributed by atoms with E-state index in [1.807, 2.05) is 13.0 Å². The fourth-order valence-corrected chi connectivity index (χ4v) is 2.35. The molecular weight excluding hydrogens is 256 g/mol. The number of aryl methyl sites for hydroxylation is 2. The molecule has 0 radical (unpaired) electrons. The summed E-state index contributed by atoms with van der Waals surface area (Å²) in [7, 11) is 0. The molecule has 0 fully saturated rings. The summed E-state index contributed by atoms with van der Waals surface area (Å²) < 4.78 is 26.6. The van der Waals surface area contributed by atoms with Crippen LogP contribution in [0.1, 0.15) is 35.2 Å². The molecule has 0 saturated heterocycles. The lowest BCUT2D eigenvalue weighted by Crippen LogP contribution is -2.20. The lowest BCUT2D eigenvalue weighted by Gasteiger charge is -2.17. The number of benzene rings is 2. The van der Waals surface area contributed by atoms with Gasteiger partial charge >= 0.3 is 0 Å². The average molecular weight is 275 g/mol. The molecule has 0 aliphatic heterocycles. The van der Waals surface area contributed by atoms with E-state index in [-0.39, 0.29) is 6.04 Å². The maximum absolute atomic E-state index is 13.7. The number of hydrogen-bond acceptors (Lipinski definition) is 1. The fourth-order valence-electron chi connectivity index (χ4n) is 2.35. The van der Waals surface area contributed by atoms with Gasteiger partial charge in [0.2, 0.25) is 0 Å². The van der Waals surface area contributed by atoms with Crippen molar-refractivity contribution in [3.63, 3.8) is 0 Å². The third-order valence-corrected chi connectivity index (χ3v) is 3.66. The zero-order chi connectivity index (χ0) is 14.7. The van der Waals surface area contributed by atoms with E-state index in [9.17, 15) is 8.78 Å². The van der Waals surface area contributed by atoms with E-state index < -0.39 is 11.6 Å². The first-order chi connectivity index (χ1) is 9.49. The molecule has 0 aromatic heterocycles. The lowest BCUT2D eigenvalue weighted by atomic mass is 10.0. The zero-order valence-electron chi connectivity index (χ0n) is 12.0. The molecule has 3 heteroatoms. The van der Waals surface area contributed by atoms with Gasteiger partial charge in [-0.1, -0.05) is 24.3 Å². The molecule has 0 saturated carbocycles. The van der Waals surface area contributed by atoms with Crippen molar-refractivity contribution in [2.45, 2.75) is 33.4 Å². The third-order valence-electron chi connectivity index (χ3n) is 3.66. The molecule has 0 heterocycles. The van der Waals surface area contributed by atoms with Crippen LogP contribution in [0.15, 0.2) is 36.4 Å². The minimum absolute atomic E-state index is 0.172. The highest BCUT2D eigenvalue weighted by Crippen LogP contribution is 2.19. The highest BCUT2D eigenvalue weighted by molar-refractivity contribution is 5.33. The van der Waals surface area contributed by atoms with Crippen molar-refractivity contribution in [2.75, 3.05) is 0 Å². The molecule has 0 aliphatic carbocycles. The van der Waals surface area contributed by atoms with Gasteiger partial charge in [0.15, 0.2) is 0 Å². The molecule has 2 aromatic rings. The van der Waals surface area contributed by atoms with Crippen LogP contribution in [-0.2, 0) is 6.54 Å². The Hall–Kier alpha value is -1.74. The third kappa shape index (κ3) is 3.23. The van der Waals surface area contributed by atoms with Crippen LogP contribution >= 0.6 is 0 Å². The van der Waals surface area contributed by atoms with Crippen molar-refractivity contribution in [1.29, 1.82) is 0 Å². The second-order valence-electron chi connectivity index (χ2n) is 5.14. The monoisotopic (exact) mass is 275 g/mol. The van der Waals surface area contributed by atoms with Gasteiger partial charge in [-0.25, -0.2) is 8.78 Å². The first kappa shape index (κ1) is 14.7. The Kier molecular flexibility index (Phi) is 4.50. The summed E-state index contributed by atoms with van der Waals surface area (Å²) in [6, 6.07) is 9.68. The predicted octanol–water partition coefficient (Wildman–Crippen LogP) is 4.43. The van der Waals surface area contributed by atoms with Crippen molar-refractivity contribution in [1.82, 2.24) is 5.32 Å². The van der Waals surface area contributed by atoms with Crippen molar-refractivity contribution in [3.05, 3.63) is 70.3 Å². The van der Waals surface area contributed by atoms with E-state index in [0.717, 1.165) is 6.07 Å². The number of nitrogens with one attached hydrogen (secondary N) is 1. The Morgan fingerprint density at radius 1 is 1.05 bits per heavy atom. The molecule has 2 rings (SSSR count). The smallest absolute Gasteiger partial charge is 0.130 e. The summed E-state index contributed by atoms with van der Waals surface area (Å²) in [6.07, 6.45) is 0. The minimum atomic E-state index is -0.548. The van der Waals surface area contributed by atoms with Gasteiger partial charge in [-0.15, -0.1) is 0 Å². The van der Waals surface area contributed by atoms with Crippen LogP contribution in [-0.4, -0.2) is 0 Å². The van der Waals surface area contributed by atoms with E-state index in [1.165, 1.54) is 28.8 Å². The molecular formula is C17H19F2N. The summed E-state index contributed by atoms with van der Waals surface area (Å²) in [5.41, 5.74) is 4.13. The maximum atomic E-state index is 13.7. The van der Waals surface area contributed by atoms with Crippen molar-refractivity contribution in [2.24, 2.45) is 0 Å². The van der Waals surface area contributed by atoms with Gasteiger partial charge in [0.05, 0.1) is 0 Å². The Labute approximate surface area is 118 Å². The van der Waals surface area contributed by atoms with Gasteiger partial charge in [0.1, 0.15) is 11.6 Å². The molecule has 1 unspecified atom stereocenters. The van der Waals surface area contributed by atoms with Crippen LogP contribution in [0.25, 0.3) is 0 Å². The summed E-state index contributed by atoms with van der Waals surface area (Å²) in [5.74, 6) is -1.06. The van der Waals surface area contributed by atoms with Gasteiger partial charge in [-0.3, -0.25) is 0 Å². The Morgan fingerprint density at radius 2 is 1.70 bits per heavy atom. The molecule has 106 valence electrons. The highest BCUT2D eigenvalue weighted by atomic mass is 19.1. The number of hydrogen-bond donors (Lipinski definition) is 1. The van der Waals surface area contributed by atoms with E-state index in [2.05, 4.69) is 31.3 Å². The van der Waals surface area contributed by atoms with Crippen LogP contribution in [0.2, 0.25) is 0 Å². The summed E-state index contributed by atoms with van der Waals surface area (Å²) >= 11 is 0. The quantitative estimate of drug-likeness (QED) is 0.870. The SMILES string of the molecule is Cc1cccc(C)c1CNC(C)c1ccc(F)cc1F. The Balaban J connectivity index is 2.11. The molecule has 1 atom stereocenters. The van der Waals surface area contributed by atoms with Crippen LogP contribution in [0.4, 0.5) is 8.78 Å². The van der Waals surface area contributed by atoms with Gasteiger partial charge in [0.25, 0.3) is 0 Å². The van der Waals surface area contributed by atoms with E-state index >= 15 is 0 Å². The Bertz CT molecular complexity index is 588. The molecule has 0 bridgehead atoms. The van der Waals surface area contributed by atoms with Gasteiger partial charge in [-0.2, -0.15) is 0 Å². The fraction of sp³-hybridized carbons (Fsp3) is 0.294. The van der Waals surface area contributed by atoms with Crippen molar-refractivity contribution < 1.29 is 8.78 Å². The van der Waals surface area contributed by atoms with E-state index in [0.29, 0.717) is 12.1 Å². The van der Waals surface area contributed by atoms with Crippen LogP contribution in [0, 0.1) is 25.5 Å². The van der Waals surface area contributed by atoms with E-state index in [1.54, 1.807) is 0 Å². The molecule has 20 heavy (non-hydrogen) atoms. The Morgan fingerprint density at radius 3 is 2.30 bits per heavy atom. The molecule has 2 aromatic carbocycles. The topological polar surface area (TPSA) is 12.0 Å². The first-order valence-corrected chi connectivity index (χ1v) is 6.72. The zero-order valence-corrected chi connectivity index (χ0v) is 12.0. The second-order valence-corrected chi connectivity index (χ2v) is 5.14.